The Labute approximate surface area is 149 Å². The van der Waals surface area contributed by atoms with Gasteiger partial charge in [0.15, 0.2) is 5.96 Å². The number of rotatable bonds is 11. The molecular formula is C19H40N4O. The molecule has 1 rings (SSSR count). The minimum Gasteiger partial charge on any atom is -0.385 e. The van der Waals surface area contributed by atoms with Gasteiger partial charge in [0.2, 0.25) is 0 Å². The van der Waals surface area contributed by atoms with E-state index in [1.165, 1.54) is 19.3 Å². The molecule has 1 saturated carbocycles. The molecule has 0 atom stereocenters. The third kappa shape index (κ3) is 6.98. The van der Waals surface area contributed by atoms with Crippen molar-refractivity contribution >= 4 is 5.96 Å². The smallest absolute Gasteiger partial charge is 0.191 e. The van der Waals surface area contributed by atoms with Crippen LogP contribution in [0, 0.1) is 5.41 Å². The first kappa shape index (κ1) is 21.2. The van der Waals surface area contributed by atoms with Crippen LogP contribution in [0.4, 0.5) is 0 Å². The van der Waals surface area contributed by atoms with Gasteiger partial charge < -0.3 is 15.4 Å². The first-order valence-corrected chi connectivity index (χ1v) is 9.71. The Balaban J connectivity index is 2.50. The zero-order valence-corrected chi connectivity index (χ0v) is 16.8. The Bertz CT molecular complexity index is 356. The number of methoxy groups -OCH3 is 1. The van der Waals surface area contributed by atoms with Crippen LogP contribution in [0.5, 0.6) is 0 Å². The Hall–Kier alpha value is -0.810. The number of ether oxygens (including phenoxy) is 1. The van der Waals surface area contributed by atoms with Crippen molar-refractivity contribution in [2.24, 2.45) is 10.4 Å². The second-order valence-corrected chi connectivity index (χ2v) is 7.64. The molecule has 0 radical (unpaired) electrons. The molecule has 5 heteroatoms. The van der Waals surface area contributed by atoms with Crippen molar-refractivity contribution in [3.05, 3.63) is 0 Å². The van der Waals surface area contributed by atoms with Gasteiger partial charge in [0.05, 0.1) is 0 Å². The van der Waals surface area contributed by atoms with Crippen LogP contribution in [0.15, 0.2) is 4.99 Å². The average Bonchev–Trinajstić information content (AvgIpc) is 2.49. The van der Waals surface area contributed by atoms with E-state index in [1.807, 2.05) is 0 Å². The molecule has 1 fully saturated rings. The normalized spacial score (nSPS) is 17.5. The molecular weight excluding hydrogens is 300 g/mol. The maximum absolute atomic E-state index is 5.28. The second-order valence-electron chi connectivity index (χ2n) is 7.64. The molecule has 24 heavy (non-hydrogen) atoms. The molecule has 0 aliphatic heterocycles. The molecule has 1 aliphatic rings. The van der Waals surface area contributed by atoms with E-state index in [-0.39, 0.29) is 0 Å². The predicted molar refractivity (Wildman–Crippen MR) is 104 cm³/mol. The van der Waals surface area contributed by atoms with E-state index in [2.05, 4.69) is 50.2 Å². The number of hydrogen-bond acceptors (Lipinski definition) is 3. The lowest BCUT2D eigenvalue weighted by Crippen LogP contribution is -2.46. The van der Waals surface area contributed by atoms with Gasteiger partial charge in [-0.1, -0.05) is 6.42 Å². The van der Waals surface area contributed by atoms with E-state index in [0.717, 1.165) is 45.2 Å². The molecule has 5 nitrogen and oxygen atoms in total. The molecule has 0 aromatic heterocycles. The molecule has 142 valence electrons. The highest BCUT2D eigenvalue weighted by Crippen LogP contribution is 2.44. The van der Waals surface area contributed by atoms with Crippen molar-refractivity contribution in [3.63, 3.8) is 0 Å². The first-order chi connectivity index (χ1) is 11.4. The average molecular weight is 341 g/mol. The summed E-state index contributed by atoms with van der Waals surface area (Å²) in [4.78, 5) is 7.37. The van der Waals surface area contributed by atoms with Gasteiger partial charge in [0, 0.05) is 52.0 Å². The molecule has 0 heterocycles. The van der Waals surface area contributed by atoms with E-state index in [9.17, 15) is 0 Å². The lowest BCUT2D eigenvalue weighted by atomic mass is 9.67. The fourth-order valence-corrected chi connectivity index (χ4v) is 3.49. The van der Waals surface area contributed by atoms with Crippen molar-refractivity contribution in [1.29, 1.82) is 0 Å². The molecule has 0 saturated heterocycles. The van der Waals surface area contributed by atoms with Crippen LogP contribution in [0.1, 0.15) is 60.3 Å². The molecule has 0 unspecified atom stereocenters. The maximum Gasteiger partial charge on any atom is 0.191 e. The Morgan fingerprint density at radius 3 is 2.29 bits per heavy atom. The third-order valence-electron chi connectivity index (χ3n) is 5.16. The number of nitrogens with one attached hydrogen (secondary N) is 2. The lowest BCUT2D eigenvalue weighted by molar-refractivity contribution is 0.0778. The molecule has 0 amide bonds. The summed E-state index contributed by atoms with van der Waals surface area (Å²) in [6, 6.07) is 1.14. The van der Waals surface area contributed by atoms with Crippen molar-refractivity contribution in [2.45, 2.75) is 72.4 Å². The van der Waals surface area contributed by atoms with Crippen LogP contribution in [0.3, 0.4) is 0 Å². The van der Waals surface area contributed by atoms with Crippen molar-refractivity contribution in [3.8, 4) is 0 Å². The fraction of sp³-hybridized carbons (Fsp3) is 0.947. The topological polar surface area (TPSA) is 48.9 Å². The van der Waals surface area contributed by atoms with Crippen LogP contribution in [0.25, 0.3) is 0 Å². The zero-order chi connectivity index (χ0) is 18.0. The summed E-state index contributed by atoms with van der Waals surface area (Å²) >= 11 is 0. The molecule has 0 aromatic carbocycles. The monoisotopic (exact) mass is 340 g/mol. The molecule has 0 aromatic rings. The molecule has 0 bridgehead atoms. The van der Waals surface area contributed by atoms with Crippen molar-refractivity contribution < 1.29 is 4.74 Å². The SMILES string of the molecule is CCNC(=NCC1(CCOC)CCC1)NCCN(C(C)C)C(C)C. The summed E-state index contributed by atoms with van der Waals surface area (Å²) in [7, 11) is 1.79. The largest absolute Gasteiger partial charge is 0.385 e. The Morgan fingerprint density at radius 1 is 1.17 bits per heavy atom. The highest BCUT2D eigenvalue weighted by molar-refractivity contribution is 5.79. The van der Waals surface area contributed by atoms with Gasteiger partial charge in [0.1, 0.15) is 0 Å². The first-order valence-electron chi connectivity index (χ1n) is 9.71. The lowest BCUT2D eigenvalue weighted by Gasteiger charge is -2.40. The highest BCUT2D eigenvalue weighted by Gasteiger charge is 2.36. The van der Waals surface area contributed by atoms with Gasteiger partial charge in [-0.2, -0.15) is 0 Å². The zero-order valence-electron chi connectivity index (χ0n) is 16.8. The van der Waals surface area contributed by atoms with Crippen LogP contribution in [-0.4, -0.2) is 62.8 Å². The summed E-state index contributed by atoms with van der Waals surface area (Å²) in [5, 5.41) is 6.88. The summed E-state index contributed by atoms with van der Waals surface area (Å²) in [6.45, 7) is 15.8. The quantitative estimate of drug-likeness (QED) is 0.448. The number of hydrogen-bond donors (Lipinski definition) is 2. The summed E-state index contributed by atoms with van der Waals surface area (Å²) in [5.74, 6) is 0.952. The van der Waals surface area contributed by atoms with Gasteiger partial charge in [-0.3, -0.25) is 9.89 Å². The second kappa shape index (κ2) is 10.9. The van der Waals surface area contributed by atoms with Crippen LogP contribution in [-0.2, 0) is 4.74 Å². The Kier molecular flexibility index (Phi) is 9.67. The number of aliphatic imine (C=N–C) groups is 1. The molecule has 2 N–H and O–H groups in total. The molecule has 1 aliphatic carbocycles. The maximum atomic E-state index is 5.28. The van der Waals surface area contributed by atoms with Gasteiger partial charge in [-0.15, -0.1) is 0 Å². The van der Waals surface area contributed by atoms with Gasteiger partial charge in [-0.25, -0.2) is 0 Å². The predicted octanol–water partition coefficient (Wildman–Crippen LogP) is 2.87. The van der Waals surface area contributed by atoms with Gasteiger partial charge in [0.25, 0.3) is 0 Å². The van der Waals surface area contributed by atoms with Crippen LogP contribution in [0.2, 0.25) is 0 Å². The minimum atomic E-state index is 0.375. The summed E-state index contributed by atoms with van der Waals surface area (Å²) in [5.41, 5.74) is 0.375. The van der Waals surface area contributed by atoms with Crippen molar-refractivity contribution in [2.75, 3.05) is 39.9 Å². The van der Waals surface area contributed by atoms with E-state index in [4.69, 9.17) is 9.73 Å². The third-order valence-corrected chi connectivity index (χ3v) is 5.16. The van der Waals surface area contributed by atoms with Gasteiger partial charge >= 0.3 is 0 Å². The van der Waals surface area contributed by atoms with Gasteiger partial charge in [-0.05, 0) is 59.3 Å². The van der Waals surface area contributed by atoms with E-state index in [1.54, 1.807) is 7.11 Å². The highest BCUT2D eigenvalue weighted by atomic mass is 16.5. The fourth-order valence-electron chi connectivity index (χ4n) is 3.49. The summed E-state index contributed by atoms with van der Waals surface area (Å²) in [6.07, 6.45) is 5.03. The van der Waals surface area contributed by atoms with Crippen LogP contribution < -0.4 is 10.6 Å². The standard InChI is InChI=1S/C19H40N4O/c1-7-20-18(21-12-13-23(16(2)3)17(4)5)22-15-19(9-8-10-19)11-14-24-6/h16-17H,7-15H2,1-6H3,(H2,20,21,22). The van der Waals surface area contributed by atoms with E-state index < -0.39 is 0 Å². The minimum absolute atomic E-state index is 0.375. The van der Waals surface area contributed by atoms with Crippen LogP contribution >= 0.6 is 0 Å². The number of guanidine groups is 1. The number of nitrogens with zero attached hydrogens (tertiary/aromatic N) is 2. The Morgan fingerprint density at radius 2 is 1.83 bits per heavy atom. The van der Waals surface area contributed by atoms with E-state index in [0.29, 0.717) is 17.5 Å². The molecule has 0 spiro atoms. The summed E-state index contributed by atoms with van der Waals surface area (Å²) < 4.78 is 5.28. The van der Waals surface area contributed by atoms with E-state index >= 15 is 0 Å². The van der Waals surface area contributed by atoms with Crippen molar-refractivity contribution in [1.82, 2.24) is 15.5 Å².